The summed E-state index contributed by atoms with van der Waals surface area (Å²) < 4.78 is 0. The summed E-state index contributed by atoms with van der Waals surface area (Å²) in [5.41, 5.74) is 1.15. The van der Waals surface area contributed by atoms with Crippen LogP contribution >= 0.6 is 23.4 Å². The molecule has 1 aromatic carbocycles. The molecule has 0 atom stereocenters. The van der Waals surface area contributed by atoms with Crippen LogP contribution in [0.3, 0.4) is 0 Å². The van der Waals surface area contributed by atoms with Crippen molar-refractivity contribution in [1.29, 1.82) is 0 Å². The minimum Gasteiger partial charge on any atom is -0.356 e. The lowest BCUT2D eigenvalue weighted by Crippen LogP contribution is -2.24. The molecule has 1 N–H and O–H groups in total. The second kappa shape index (κ2) is 6.75. The van der Waals surface area contributed by atoms with Gasteiger partial charge in [0.2, 0.25) is 5.91 Å². The highest BCUT2D eigenvalue weighted by molar-refractivity contribution is 7.99. The maximum atomic E-state index is 11.1. The van der Waals surface area contributed by atoms with Gasteiger partial charge in [0.15, 0.2) is 0 Å². The van der Waals surface area contributed by atoms with Gasteiger partial charge in [-0.1, -0.05) is 23.7 Å². The van der Waals surface area contributed by atoms with Crippen LogP contribution in [0.1, 0.15) is 12.5 Å². The highest BCUT2D eigenvalue weighted by atomic mass is 35.5. The fourth-order valence-corrected chi connectivity index (χ4v) is 2.15. The second-order valence-corrected chi connectivity index (χ2v) is 4.50. The summed E-state index contributed by atoms with van der Waals surface area (Å²) in [6, 6.07) is 7.70. The number of carbonyl (C=O) groups is 1. The van der Waals surface area contributed by atoms with Gasteiger partial charge in [0.1, 0.15) is 0 Å². The van der Waals surface area contributed by atoms with Crippen molar-refractivity contribution in [2.24, 2.45) is 0 Å². The quantitative estimate of drug-likeness (QED) is 0.862. The third-order valence-electron chi connectivity index (χ3n) is 1.76. The molecule has 0 fully saturated rings. The Kier molecular flexibility index (Phi) is 5.58. The zero-order chi connectivity index (χ0) is 11.1. The number of thioether (sulfide) groups is 1. The van der Waals surface area contributed by atoms with Crippen molar-refractivity contribution >= 4 is 29.3 Å². The van der Waals surface area contributed by atoms with Crippen LogP contribution in [0.4, 0.5) is 0 Å². The molecule has 0 saturated heterocycles. The van der Waals surface area contributed by atoms with Crippen LogP contribution in [0, 0.1) is 0 Å². The van der Waals surface area contributed by atoms with E-state index in [1.807, 2.05) is 31.2 Å². The molecule has 4 heteroatoms. The molecule has 0 spiro atoms. The lowest BCUT2D eigenvalue weighted by Gasteiger charge is -2.02. The Labute approximate surface area is 99.4 Å². The topological polar surface area (TPSA) is 29.1 Å². The lowest BCUT2D eigenvalue weighted by atomic mass is 10.2. The van der Waals surface area contributed by atoms with E-state index >= 15 is 0 Å². The SMILES string of the molecule is CCNC(=O)CSCc1cccc(Cl)c1. The number of rotatable bonds is 5. The first-order valence-corrected chi connectivity index (χ1v) is 6.34. The summed E-state index contributed by atoms with van der Waals surface area (Å²) in [5.74, 6) is 1.41. The van der Waals surface area contributed by atoms with Crippen molar-refractivity contribution in [3.05, 3.63) is 34.9 Å². The molecule has 0 bridgehead atoms. The molecule has 0 aliphatic heterocycles. The van der Waals surface area contributed by atoms with Crippen molar-refractivity contribution in [1.82, 2.24) is 5.32 Å². The average Bonchev–Trinajstić information content (AvgIpc) is 2.18. The van der Waals surface area contributed by atoms with E-state index in [1.165, 1.54) is 0 Å². The molecular weight excluding hydrogens is 230 g/mol. The number of hydrogen-bond donors (Lipinski definition) is 1. The van der Waals surface area contributed by atoms with E-state index in [4.69, 9.17) is 11.6 Å². The fraction of sp³-hybridized carbons (Fsp3) is 0.364. The molecule has 2 nitrogen and oxygen atoms in total. The molecular formula is C11H14ClNOS. The maximum absolute atomic E-state index is 11.1. The van der Waals surface area contributed by atoms with E-state index in [1.54, 1.807) is 11.8 Å². The van der Waals surface area contributed by atoms with Crippen molar-refractivity contribution < 1.29 is 4.79 Å². The second-order valence-electron chi connectivity index (χ2n) is 3.08. The number of benzene rings is 1. The number of nitrogens with one attached hydrogen (secondary N) is 1. The van der Waals surface area contributed by atoms with E-state index in [9.17, 15) is 4.79 Å². The molecule has 0 heterocycles. The van der Waals surface area contributed by atoms with Gasteiger partial charge < -0.3 is 5.32 Å². The van der Waals surface area contributed by atoms with Gasteiger partial charge >= 0.3 is 0 Å². The van der Waals surface area contributed by atoms with Crippen LogP contribution < -0.4 is 5.32 Å². The zero-order valence-corrected chi connectivity index (χ0v) is 10.2. The normalized spacial score (nSPS) is 10.0. The first-order valence-electron chi connectivity index (χ1n) is 4.81. The summed E-state index contributed by atoms with van der Waals surface area (Å²) >= 11 is 7.44. The average molecular weight is 244 g/mol. The van der Waals surface area contributed by atoms with Crippen LogP contribution in [0.25, 0.3) is 0 Å². The monoisotopic (exact) mass is 243 g/mol. The molecule has 1 rings (SSSR count). The Balaban J connectivity index is 2.28. The Morgan fingerprint density at radius 1 is 1.53 bits per heavy atom. The summed E-state index contributed by atoms with van der Waals surface area (Å²) in [6.45, 7) is 2.61. The van der Waals surface area contributed by atoms with Gasteiger partial charge in [-0.05, 0) is 24.6 Å². The third-order valence-corrected chi connectivity index (χ3v) is 3.00. The highest BCUT2D eigenvalue weighted by Gasteiger charge is 2.00. The maximum Gasteiger partial charge on any atom is 0.229 e. The molecule has 82 valence electrons. The largest absolute Gasteiger partial charge is 0.356 e. The summed E-state index contributed by atoms with van der Waals surface area (Å²) in [6.07, 6.45) is 0. The van der Waals surface area contributed by atoms with Gasteiger partial charge in [-0.3, -0.25) is 4.79 Å². The molecule has 0 radical (unpaired) electrons. The molecule has 0 aromatic heterocycles. The minimum atomic E-state index is 0.0875. The molecule has 0 aliphatic carbocycles. The first-order chi connectivity index (χ1) is 7.22. The number of halogens is 1. The van der Waals surface area contributed by atoms with Crippen molar-refractivity contribution in [3.8, 4) is 0 Å². The van der Waals surface area contributed by atoms with Gasteiger partial charge in [0.25, 0.3) is 0 Å². The van der Waals surface area contributed by atoms with Crippen molar-refractivity contribution in [2.45, 2.75) is 12.7 Å². The Morgan fingerprint density at radius 2 is 2.33 bits per heavy atom. The molecule has 1 amide bonds. The van der Waals surface area contributed by atoms with Crippen LogP contribution in [0.2, 0.25) is 5.02 Å². The van der Waals surface area contributed by atoms with E-state index in [-0.39, 0.29) is 5.91 Å². The summed E-state index contributed by atoms with van der Waals surface area (Å²) in [7, 11) is 0. The van der Waals surface area contributed by atoms with Crippen LogP contribution in [0.15, 0.2) is 24.3 Å². The van der Waals surface area contributed by atoms with Gasteiger partial charge in [-0.2, -0.15) is 0 Å². The fourth-order valence-electron chi connectivity index (χ4n) is 1.14. The van der Waals surface area contributed by atoms with Gasteiger partial charge in [-0.25, -0.2) is 0 Å². The van der Waals surface area contributed by atoms with E-state index in [0.717, 1.165) is 16.3 Å². The summed E-state index contributed by atoms with van der Waals surface area (Å²) in [4.78, 5) is 11.1. The minimum absolute atomic E-state index is 0.0875. The predicted octanol–water partition coefficient (Wildman–Crippen LogP) is 2.71. The Hall–Kier alpha value is -0.670. The van der Waals surface area contributed by atoms with Gasteiger partial charge in [-0.15, -0.1) is 11.8 Å². The van der Waals surface area contributed by atoms with E-state index in [0.29, 0.717) is 12.3 Å². The third kappa shape index (κ3) is 5.09. The standard InChI is InChI=1S/C11H14ClNOS/c1-2-13-11(14)8-15-7-9-4-3-5-10(12)6-9/h3-6H,2,7-8H2,1H3,(H,13,14). The van der Waals surface area contributed by atoms with Crippen LogP contribution in [0.5, 0.6) is 0 Å². The van der Waals surface area contributed by atoms with Crippen LogP contribution in [-0.4, -0.2) is 18.2 Å². The van der Waals surface area contributed by atoms with E-state index in [2.05, 4.69) is 5.32 Å². The number of hydrogen-bond acceptors (Lipinski definition) is 2. The van der Waals surface area contributed by atoms with Crippen molar-refractivity contribution in [3.63, 3.8) is 0 Å². The van der Waals surface area contributed by atoms with E-state index < -0.39 is 0 Å². The molecule has 0 aliphatic rings. The Bertz CT molecular complexity index is 330. The van der Waals surface area contributed by atoms with Gasteiger partial charge in [0, 0.05) is 17.3 Å². The summed E-state index contributed by atoms with van der Waals surface area (Å²) in [5, 5.41) is 3.50. The first kappa shape index (κ1) is 12.4. The Morgan fingerprint density at radius 3 is 3.00 bits per heavy atom. The molecule has 1 aromatic rings. The number of carbonyl (C=O) groups excluding carboxylic acids is 1. The predicted molar refractivity (Wildman–Crippen MR) is 66.3 cm³/mol. The number of amides is 1. The van der Waals surface area contributed by atoms with Crippen LogP contribution in [-0.2, 0) is 10.5 Å². The lowest BCUT2D eigenvalue weighted by molar-refractivity contribution is -0.118. The molecule has 0 saturated carbocycles. The molecule has 0 unspecified atom stereocenters. The molecule has 15 heavy (non-hydrogen) atoms. The smallest absolute Gasteiger partial charge is 0.229 e. The van der Waals surface area contributed by atoms with Crippen molar-refractivity contribution in [2.75, 3.05) is 12.3 Å². The zero-order valence-electron chi connectivity index (χ0n) is 8.63. The van der Waals surface area contributed by atoms with Gasteiger partial charge in [0.05, 0.1) is 5.75 Å². The highest BCUT2D eigenvalue weighted by Crippen LogP contribution is 2.16.